The fourth-order valence-electron chi connectivity index (χ4n) is 3.58. The first-order valence-corrected chi connectivity index (χ1v) is 9.20. The van der Waals surface area contributed by atoms with E-state index in [1.54, 1.807) is 6.33 Å². The van der Waals surface area contributed by atoms with Crippen LogP contribution >= 0.6 is 0 Å². The summed E-state index contributed by atoms with van der Waals surface area (Å²) in [6.07, 6.45) is 5.64. The standard InChI is InChI=1S/C19H25N5O/c1-2-25-14-6-7-16-15(12-14)17-18(23-16)19(22-13-21-17)20-8-11-24-9-4-3-5-10-24/h6-7,12-13,23H,2-5,8-11H2,1H3,(H,20,21,22). The van der Waals surface area contributed by atoms with Crippen molar-refractivity contribution in [1.29, 1.82) is 0 Å². The zero-order valence-electron chi connectivity index (χ0n) is 14.7. The maximum atomic E-state index is 5.62. The minimum Gasteiger partial charge on any atom is -0.494 e. The lowest BCUT2D eigenvalue weighted by atomic mass is 10.1. The summed E-state index contributed by atoms with van der Waals surface area (Å²) < 4.78 is 5.62. The first-order valence-electron chi connectivity index (χ1n) is 9.20. The molecule has 0 saturated carbocycles. The van der Waals surface area contributed by atoms with E-state index in [0.717, 1.165) is 46.6 Å². The van der Waals surface area contributed by atoms with E-state index in [2.05, 4.69) is 25.2 Å². The van der Waals surface area contributed by atoms with Gasteiger partial charge in [0.2, 0.25) is 0 Å². The van der Waals surface area contributed by atoms with Gasteiger partial charge in [0.05, 0.1) is 6.61 Å². The summed E-state index contributed by atoms with van der Waals surface area (Å²) in [6.45, 7) is 7.03. The van der Waals surface area contributed by atoms with E-state index in [9.17, 15) is 0 Å². The van der Waals surface area contributed by atoms with Gasteiger partial charge in [-0.3, -0.25) is 0 Å². The van der Waals surface area contributed by atoms with Crippen LogP contribution < -0.4 is 10.1 Å². The van der Waals surface area contributed by atoms with Crippen LogP contribution in [0.4, 0.5) is 5.82 Å². The Morgan fingerprint density at radius 3 is 2.92 bits per heavy atom. The molecule has 0 atom stereocenters. The third-order valence-corrected chi connectivity index (χ3v) is 4.83. The Kier molecular flexibility index (Phi) is 4.70. The highest BCUT2D eigenvalue weighted by Gasteiger charge is 2.13. The highest BCUT2D eigenvalue weighted by atomic mass is 16.5. The highest BCUT2D eigenvalue weighted by molar-refractivity contribution is 6.08. The number of likely N-dealkylation sites (tertiary alicyclic amines) is 1. The van der Waals surface area contributed by atoms with E-state index < -0.39 is 0 Å². The Morgan fingerprint density at radius 2 is 2.08 bits per heavy atom. The minimum absolute atomic E-state index is 0.659. The maximum Gasteiger partial charge on any atom is 0.153 e. The van der Waals surface area contributed by atoms with Crippen LogP contribution in [0.15, 0.2) is 24.5 Å². The molecule has 6 heteroatoms. The van der Waals surface area contributed by atoms with Gasteiger partial charge in [-0.25, -0.2) is 9.97 Å². The maximum absolute atomic E-state index is 5.62. The number of ether oxygens (including phenoxy) is 1. The molecule has 0 amide bonds. The summed E-state index contributed by atoms with van der Waals surface area (Å²) in [4.78, 5) is 14.9. The second-order valence-corrected chi connectivity index (χ2v) is 6.54. The van der Waals surface area contributed by atoms with Gasteiger partial charge >= 0.3 is 0 Å². The van der Waals surface area contributed by atoms with Gasteiger partial charge in [0.1, 0.15) is 23.1 Å². The summed E-state index contributed by atoms with van der Waals surface area (Å²) in [6, 6.07) is 6.07. The number of piperidine rings is 1. The van der Waals surface area contributed by atoms with E-state index in [0.29, 0.717) is 6.61 Å². The zero-order valence-corrected chi connectivity index (χ0v) is 14.7. The van der Waals surface area contributed by atoms with E-state index in [1.165, 1.54) is 32.4 Å². The molecule has 1 aromatic carbocycles. The van der Waals surface area contributed by atoms with Gasteiger partial charge in [-0.2, -0.15) is 0 Å². The topological polar surface area (TPSA) is 66.1 Å². The lowest BCUT2D eigenvalue weighted by Gasteiger charge is -2.26. The van der Waals surface area contributed by atoms with Crippen LogP contribution in [-0.2, 0) is 0 Å². The Labute approximate surface area is 147 Å². The normalized spacial score (nSPS) is 15.7. The minimum atomic E-state index is 0.659. The molecule has 132 valence electrons. The van der Waals surface area contributed by atoms with Crippen molar-refractivity contribution in [3.8, 4) is 5.75 Å². The summed E-state index contributed by atoms with van der Waals surface area (Å²) in [5.41, 5.74) is 2.95. The van der Waals surface area contributed by atoms with Crippen LogP contribution in [0.3, 0.4) is 0 Å². The molecule has 1 saturated heterocycles. The van der Waals surface area contributed by atoms with E-state index in [4.69, 9.17) is 4.74 Å². The quantitative estimate of drug-likeness (QED) is 0.720. The number of aromatic amines is 1. The van der Waals surface area contributed by atoms with Gasteiger partial charge in [0.15, 0.2) is 5.82 Å². The molecule has 0 bridgehead atoms. The Bertz CT molecular complexity index is 854. The predicted octanol–water partition coefficient (Wildman–Crippen LogP) is 3.41. The van der Waals surface area contributed by atoms with Crippen molar-refractivity contribution >= 4 is 27.8 Å². The second kappa shape index (κ2) is 7.27. The fourth-order valence-corrected chi connectivity index (χ4v) is 3.58. The van der Waals surface area contributed by atoms with Crippen LogP contribution in [-0.4, -0.2) is 52.6 Å². The van der Waals surface area contributed by atoms with E-state index in [-0.39, 0.29) is 0 Å². The number of anilines is 1. The number of nitrogens with zero attached hydrogens (tertiary/aromatic N) is 3. The Balaban J connectivity index is 1.55. The number of benzene rings is 1. The van der Waals surface area contributed by atoms with Crippen molar-refractivity contribution < 1.29 is 4.74 Å². The predicted molar refractivity (Wildman–Crippen MR) is 101 cm³/mol. The van der Waals surface area contributed by atoms with Crippen LogP contribution in [0, 0.1) is 0 Å². The van der Waals surface area contributed by atoms with Gasteiger partial charge < -0.3 is 19.9 Å². The molecule has 0 spiro atoms. The van der Waals surface area contributed by atoms with Gasteiger partial charge in [-0.05, 0) is 51.1 Å². The summed E-state index contributed by atoms with van der Waals surface area (Å²) >= 11 is 0. The molecule has 0 radical (unpaired) electrons. The molecular weight excluding hydrogens is 314 g/mol. The number of nitrogens with one attached hydrogen (secondary N) is 2. The van der Waals surface area contributed by atoms with Gasteiger partial charge in [0.25, 0.3) is 0 Å². The van der Waals surface area contributed by atoms with E-state index >= 15 is 0 Å². The number of hydrogen-bond acceptors (Lipinski definition) is 5. The van der Waals surface area contributed by atoms with Gasteiger partial charge in [-0.1, -0.05) is 6.42 Å². The first kappa shape index (κ1) is 16.1. The van der Waals surface area contributed by atoms with Crippen molar-refractivity contribution in [1.82, 2.24) is 19.9 Å². The van der Waals surface area contributed by atoms with E-state index in [1.807, 2.05) is 25.1 Å². The van der Waals surface area contributed by atoms with Crippen molar-refractivity contribution in [2.45, 2.75) is 26.2 Å². The number of H-pyrrole nitrogens is 1. The molecule has 1 aliphatic heterocycles. The molecule has 2 aromatic heterocycles. The second-order valence-electron chi connectivity index (χ2n) is 6.54. The van der Waals surface area contributed by atoms with Crippen LogP contribution in [0.1, 0.15) is 26.2 Å². The van der Waals surface area contributed by atoms with Gasteiger partial charge in [-0.15, -0.1) is 0 Å². The highest BCUT2D eigenvalue weighted by Crippen LogP contribution is 2.30. The Hall–Kier alpha value is -2.34. The van der Waals surface area contributed by atoms with Crippen LogP contribution in [0.25, 0.3) is 21.9 Å². The SMILES string of the molecule is CCOc1ccc2[nH]c3c(NCCN4CCCCC4)ncnc3c2c1. The number of rotatable bonds is 6. The molecule has 3 heterocycles. The molecule has 2 N–H and O–H groups in total. The average Bonchev–Trinajstić information content (AvgIpc) is 3.02. The summed E-state index contributed by atoms with van der Waals surface area (Å²) in [5.74, 6) is 1.74. The largest absolute Gasteiger partial charge is 0.494 e. The molecule has 3 aromatic rings. The smallest absolute Gasteiger partial charge is 0.153 e. The molecular formula is C19H25N5O. The molecule has 4 rings (SSSR count). The molecule has 6 nitrogen and oxygen atoms in total. The van der Waals surface area contributed by atoms with Gasteiger partial charge in [0, 0.05) is 24.0 Å². The monoisotopic (exact) mass is 339 g/mol. The lowest BCUT2D eigenvalue weighted by molar-refractivity contribution is 0.237. The summed E-state index contributed by atoms with van der Waals surface area (Å²) in [5, 5.41) is 4.55. The Morgan fingerprint density at radius 1 is 1.20 bits per heavy atom. The number of aromatic nitrogens is 3. The molecule has 1 fully saturated rings. The fraction of sp³-hybridized carbons (Fsp3) is 0.474. The third-order valence-electron chi connectivity index (χ3n) is 4.83. The number of hydrogen-bond donors (Lipinski definition) is 2. The first-order chi connectivity index (χ1) is 12.3. The lowest BCUT2D eigenvalue weighted by Crippen LogP contribution is -2.33. The molecule has 0 unspecified atom stereocenters. The molecule has 0 aliphatic carbocycles. The number of fused-ring (bicyclic) bond motifs is 3. The third kappa shape index (κ3) is 3.39. The van der Waals surface area contributed by atoms with Crippen molar-refractivity contribution in [2.24, 2.45) is 0 Å². The van der Waals surface area contributed by atoms with Crippen LogP contribution in [0.5, 0.6) is 5.75 Å². The zero-order chi connectivity index (χ0) is 17.1. The molecule has 1 aliphatic rings. The van der Waals surface area contributed by atoms with Crippen LogP contribution in [0.2, 0.25) is 0 Å². The molecule has 25 heavy (non-hydrogen) atoms. The van der Waals surface area contributed by atoms with Crippen molar-refractivity contribution in [3.63, 3.8) is 0 Å². The van der Waals surface area contributed by atoms with Crippen molar-refractivity contribution in [3.05, 3.63) is 24.5 Å². The van der Waals surface area contributed by atoms with Crippen molar-refractivity contribution in [2.75, 3.05) is 38.1 Å². The average molecular weight is 339 g/mol. The summed E-state index contributed by atoms with van der Waals surface area (Å²) in [7, 11) is 0.